The minimum Gasteiger partial charge on any atom is -0.491 e. The Morgan fingerprint density at radius 3 is 2.61 bits per heavy atom. The summed E-state index contributed by atoms with van der Waals surface area (Å²) in [5.74, 6) is -0.259. The number of para-hydroxylation sites is 1. The Kier molecular flexibility index (Phi) is 11.6. The average molecular weight is 567 g/mol. The van der Waals surface area contributed by atoms with E-state index in [4.69, 9.17) is 9.47 Å². The first-order valence-corrected chi connectivity index (χ1v) is 14.1. The van der Waals surface area contributed by atoms with Crippen LogP contribution in [0.5, 0.6) is 11.5 Å². The van der Waals surface area contributed by atoms with E-state index in [1.807, 2.05) is 45.9 Å². The summed E-state index contributed by atoms with van der Waals surface area (Å²) < 4.78 is 11.7. The summed E-state index contributed by atoms with van der Waals surface area (Å²) in [4.78, 5) is 54.0. The van der Waals surface area contributed by atoms with Crippen molar-refractivity contribution in [2.24, 2.45) is 5.92 Å². The molecule has 0 bridgehead atoms. The molecule has 0 unspecified atom stereocenters. The summed E-state index contributed by atoms with van der Waals surface area (Å²) in [5, 5.41) is 8.41. The molecule has 0 saturated heterocycles. The Labute approximate surface area is 242 Å². The molecule has 1 heterocycles. The lowest BCUT2D eigenvalue weighted by Crippen LogP contribution is -2.50. The van der Waals surface area contributed by atoms with Crippen LogP contribution in [-0.2, 0) is 14.4 Å². The number of rotatable bonds is 7. The van der Waals surface area contributed by atoms with Crippen molar-refractivity contribution in [3.63, 3.8) is 0 Å². The number of nitrogens with one attached hydrogen (secondary N) is 3. The molecule has 2 aromatic rings. The van der Waals surface area contributed by atoms with Gasteiger partial charge in [-0.2, -0.15) is 0 Å². The molecule has 0 fully saturated rings. The third-order valence-corrected chi connectivity index (χ3v) is 7.03. The van der Waals surface area contributed by atoms with Gasteiger partial charge in [-0.05, 0) is 61.9 Å². The Morgan fingerprint density at radius 1 is 1.10 bits per heavy atom. The minimum absolute atomic E-state index is 0.0443. The number of hydrogen-bond donors (Lipinski definition) is 3. The van der Waals surface area contributed by atoms with Gasteiger partial charge in [-0.1, -0.05) is 38.1 Å². The number of ether oxygens (including phenoxy) is 2. The fourth-order valence-electron chi connectivity index (χ4n) is 4.53. The molecule has 10 nitrogen and oxygen atoms in total. The van der Waals surface area contributed by atoms with Crippen LogP contribution in [0.25, 0.3) is 0 Å². The van der Waals surface area contributed by atoms with Gasteiger partial charge in [-0.3, -0.25) is 19.2 Å². The smallest absolute Gasteiger partial charge is 0.255 e. The molecule has 0 saturated carbocycles. The van der Waals surface area contributed by atoms with E-state index in [0.29, 0.717) is 12.2 Å². The van der Waals surface area contributed by atoms with Crippen LogP contribution < -0.4 is 25.4 Å². The molecule has 2 aromatic carbocycles. The number of aryl methyl sites for hydroxylation is 1. The molecule has 2 atom stereocenters. The molecule has 1 aliphatic heterocycles. The van der Waals surface area contributed by atoms with Crippen LogP contribution in [0.1, 0.15) is 54.6 Å². The van der Waals surface area contributed by atoms with Gasteiger partial charge in [0.1, 0.15) is 36.8 Å². The van der Waals surface area contributed by atoms with E-state index in [9.17, 15) is 19.2 Å². The van der Waals surface area contributed by atoms with Crippen molar-refractivity contribution >= 4 is 23.6 Å². The summed E-state index contributed by atoms with van der Waals surface area (Å²) in [6, 6.07) is 10.8. The lowest BCUT2D eigenvalue weighted by molar-refractivity contribution is -0.136. The van der Waals surface area contributed by atoms with Gasteiger partial charge in [0.15, 0.2) is 0 Å². The summed E-state index contributed by atoms with van der Waals surface area (Å²) in [5.41, 5.74) is 2.39. The van der Waals surface area contributed by atoms with Gasteiger partial charge in [0.2, 0.25) is 17.7 Å². The Hall–Kier alpha value is -4.08. The predicted octanol–water partition coefficient (Wildman–Crippen LogP) is 2.76. The standard InChI is InChI=1S/C31H42N4O6/c1-20(2)19-25-31(39)35(5)16-18-41-27-11-7-6-10-23(27)29(37)34-24(13-14-28(36)33-25)30(38)32-15-17-40-26-12-8-9-21(3)22(26)4/h6-12,20,24-25H,13-19H2,1-5H3,(H,32,38)(H,33,36)(H,34,37)/t24-,25+/m0/s1. The van der Waals surface area contributed by atoms with Crippen molar-refractivity contribution < 1.29 is 28.7 Å². The number of carbonyl (C=O) groups is 4. The zero-order valence-corrected chi connectivity index (χ0v) is 24.6. The van der Waals surface area contributed by atoms with E-state index in [2.05, 4.69) is 16.0 Å². The van der Waals surface area contributed by atoms with Crippen molar-refractivity contribution in [3.8, 4) is 11.5 Å². The van der Waals surface area contributed by atoms with E-state index >= 15 is 0 Å². The average Bonchev–Trinajstić information content (AvgIpc) is 2.94. The lowest BCUT2D eigenvalue weighted by atomic mass is 10.0. The van der Waals surface area contributed by atoms with E-state index in [1.54, 1.807) is 31.3 Å². The van der Waals surface area contributed by atoms with Gasteiger partial charge in [0, 0.05) is 13.5 Å². The Morgan fingerprint density at radius 2 is 1.85 bits per heavy atom. The van der Waals surface area contributed by atoms with Crippen LogP contribution in [-0.4, -0.2) is 74.0 Å². The highest BCUT2D eigenvalue weighted by Gasteiger charge is 2.28. The van der Waals surface area contributed by atoms with Gasteiger partial charge < -0.3 is 30.3 Å². The van der Waals surface area contributed by atoms with Crippen molar-refractivity contribution in [2.45, 2.75) is 59.0 Å². The molecular formula is C31H42N4O6. The second kappa shape index (κ2) is 15.1. The first-order valence-electron chi connectivity index (χ1n) is 14.1. The van der Waals surface area contributed by atoms with Crippen molar-refractivity contribution in [3.05, 3.63) is 59.2 Å². The number of likely N-dealkylation sites (N-methyl/N-ethyl adjacent to an activating group) is 1. The van der Waals surface area contributed by atoms with Crippen molar-refractivity contribution in [1.29, 1.82) is 0 Å². The molecule has 0 aromatic heterocycles. The SMILES string of the molecule is Cc1cccc(OCCNC(=O)[C@@H]2CCC(=O)N[C@H](CC(C)C)C(=O)N(C)CCOc3ccccc3C(=O)N2)c1C. The molecule has 3 N–H and O–H groups in total. The fourth-order valence-corrected chi connectivity index (χ4v) is 4.53. The van der Waals surface area contributed by atoms with E-state index in [0.717, 1.165) is 16.9 Å². The molecule has 0 aliphatic carbocycles. The molecule has 10 heteroatoms. The van der Waals surface area contributed by atoms with E-state index in [-0.39, 0.29) is 62.4 Å². The number of hydrogen-bond acceptors (Lipinski definition) is 6. The van der Waals surface area contributed by atoms with Crippen LogP contribution in [0.3, 0.4) is 0 Å². The number of carbonyl (C=O) groups excluding carboxylic acids is 4. The summed E-state index contributed by atoms with van der Waals surface area (Å²) >= 11 is 0. The fraction of sp³-hybridized carbons (Fsp3) is 0.484. The maximum Gasteiger partial charge on any atom is 0.255 e. The Bertz CT molecular complexity index is 1230. The van der Waals surface area contributed by atoms with Gasteiger partial charge in [0.05, 0.1) is 18.7 Å². The third kappa shape index (κ3) is 9.23. The van der Waals surface area contributed by atoms with Crippen molar-refractivity contribution in [1.82, 2.24) is 20.9 Å². The maximum absolute atomic E-state index is 13.3. The summed E-state index contributed by atoms with van der Waals surface area (Å²) in [6.07, 6.45) is 0.462. The van der Waals surface area contributed by atoms with Gasteiger partial charge in [-0.15, -0.1) is 0 Å². The zero-order chi connectivity index (χ0) is 29.9. The monoisotopic (exact) mass is 566 g/mol. The minimum atomic E-state index is -0.992. The highest BCUT2D eigenvalue weighted by Crippen LogP contribution is 2.21. The second-order valence-electron chi connectivity index (χ2n) is 10.8. The number of fused-ring (bicyclic) bond motifs is 1. The third-order valence-electron chi connectivity index (χ3n) is 7.03. The van der Waals surface area contributed by atoms with Crippen LogP contribution >= 0.6 is 0 Å². The van der Waals surface area contributed by atoms with Gasteiger partial charge in [0.25, 0.3) is 5.91 Å². The highest BCUT2D eigenvalue weighted by molar-refractivity contribution is 5.99. The number of amides is 4. The van der Waals surface area contributed by atoms with Gasteiger partial charge in [-0.25, -0.2) is 0 Å². The van der Waals surface area contributed by atoms with Crippen molar-refractivity contribution in [2.75, 3.05) is 33.4 Å². The molecule has 0 radical (unpaired) electrons. The van der Waals surface area contributed by atoms with E-state index in [1.165, 1.54) is 4.90 Å². The van der Waals surface area contributed by atoms with Crippen LogP contribution in [0.15, 0.2) is 42.5 Å². The van der Waals surface area contributed by atoms with Crippen LogP contribution in [0.2, 0.25) is 0 Å². The highest BCUT2D eigenvalue weighted by atomic mass is 16.5. The maximum atomic E-state index is 13.3. The quantitative estimate of drug-likeness (QED) is 0.443. The van der Waals surface area contributed by atoms with E-state index < -0.39 is 23.9 Å². The van der Waals surface area contributed by atoms with Crippen LogP contribution in [0.4, 0.5) is 0 Å². The second-order valence-corrected chi connectivity index (χ2v) is 10.8. The molecule has 41 heavy (non-hydrogen) atoms. The predicted molar refractivity (Wildman–Crippen MR) is 156 cm³/mol. The molecule has 4 amide bonds. The number of benzene rings is 2. The first kappa shape index (κ1) is 31.4. The summed E-state index contributed by atoms with van der Waals surface area (Å²) in [6.45, 7) is 8.81. The largest absolute Gasteiger partial charge is 0.491 e. The Balaban J connectivity index is 1.75. The first-order chi connectivity index (χ1) is 19.6. The molecule has 222 valence electrons. The lowest BCUT2D eigenvalue weighted by Gasteiger charge is -2.26. The molecule has 0 spiro atoms. The van der Waals surface area contributed by atoms with Gasteiger partial charge >= 0.3 is 0 Å². The zero-order valence-electron chi connectivity index (χ0n) is 24.6. The molecular weight excluding hydrogens is 524 g/mol. The van der Waals surface area contributed by atoms with Crippen LogP contribution in [0, 0.1) is 19.8 Å². The molecule has 1 aliphatic rings. The summed E-state index contributed by atoms with van der Waals surface area (Å²) in [7, 11) is 1.66. The normalized spacial score (nSPS) is 18.8. The molecule has 3 rings (SSSR count). The number of nitrogens with zero attached hydrogens (tertiary/aromatic N) is 1. The topological polar surface area (TPSA) is 126 Å².